The number of unbranched alkanes of at least 4 members (excludes halogenated alkanes) is 1. The summed E-state index contributed by atoms with van der Waals surface area (Å²) < 4.78 is 0. The fraction of sp³-hybridized carbons (Fsp3) is 1.00. The topological polar surface area (TPSA) is 20.2 Å². The summed E-state index contributed by atoms with van der Waals surface area (Å²) in [6.07, 6.45) is 3.64. The van der Waals surface area contributed by atoms with Crippen LogP contribution in [0.25, 0.3) is 0 Å². The fourth-order valence-corrected chi connectivity index (χ4v) is 1.71. The molecule has 0 aromatic heterocycles. The van der Waals surface area contributed by atoms with Gasteiger partial charge in [0.2, 0.25) is 0 Å². The van der Waals surface area contributed by atoms with Gasteiger partial charge in [-0.2, -0.15) is 0 Å². The summed E-state index contributed by atoms with van der Waals surface area (Å²) in [7, 11) is -1.92. The standard InChI is InChI=1S/C9H22OSi/c1-6-7-8-9(2,3)11(4,5)10/h10H,6-8H2,1-5H3. The summed E-state index contributed by atoms with van der Waals surface area (Å²) in [4.78, 5) is 9.91. The minimum absolute atomic E-state index is 0.184. The minimum Gasteiger partial charge on any atom is -0.432 e. The summed E-state index contributed by atoms with van der Waals surface area (Å²) in [5, 5.41) is 0.184. The fourth-order valence-electron chi connectivity index (χ4n) is 0.925. The first-order valence-electron chi connectivity index (χ1n) is 4.53. The van der Waals surface area contributed by atoms with Gasteiger partial charge in [-0.05, 0) is 24.6 Å². The quantitative estimate of drug-likeness (QED) is 0.649. The van der Waals surface area contributed by atoms with E-state index in [0.717, 1.165) is 0 Å². The molecule has 0 aliphatic heterocycles. The maximum absolute atomic E-state index is 9.91. The van der Waals surface area contributed by atoms with E-state index >= 15 is 0 Å². The highest BCUT2D eigenvalue weighted by atomic mass is 28.4. The molecule has 68 valence electrons. The van der Waals surface area contributed by atoms with Gasteiger partial charge in [-0.15, -0.1) is 0 Å². The molecule has 0 aromatic carbocycles. The average Bonchev–Trinajstić information content (AvgIpc) is 1.81. The molecule has 2 heteroatoms. The molecule has 0 aliphatic rings. The van der Waals surface area contributed by atoms with Crippen LogP contribution in [0.15, 0.2) is 0 Å². The van der Waals surface area contributed by atoms with Crippen molar-refractivity contribution in [3.8, 4) is 0 Å². The molecule has 0 rings (SSSR count). The Balaban J connectivity index is 4.00. The number of rotatable bonds is 4. The maximum atomic E-state index is 9.91. The molecule has 0 unspecified atom stereocenters. The average molecular weight is 174 g/mol. The van der Waals surface area contributed by atoms with Crippen molar-refractivity contribution in [3.63, 3.8) is 0 Å². The van der Waals surface area contributed by atoms with Crippen molar-refractivity contribution in [2.75, 3.05) is 0 Å². The Morgan fingerprint density at radius 1 is 1.27 bits per heavy atom. The van der Waals surface area contributed by atoms with E-state index in [-0.39, 0.29) is 5.04 Å². The van der Waals surface area contributed by atoms with Crippen LogP contribution in [0.3, 0.4) is 0 Å². The SMILES string of the molecule is CCCCC(C)(C)[Si](C)(C)O. The van der Waals surface area contributed by atoms with Gasteiger partial charge in [-0.25, -0.2) is 0 Å². The lowest BCUT2D eigenvalue weighted by atomic mass is 10.1. The molecule has 11 heavy (non-hydrogen) atoms. The van der Waals surface area contributed by atoms with Crippen LogP contribution in [0.5, 0.6) is 0 Å². The molecule has 1 N–H and O–H groups in total. The van der Waals surface area contributed by atoms with E-state index in [9.17, 15) is 4.80 Å². The lowest BCUT2D eigenvalue weighted by molar-refractivity contribution is 0.441. The van der Waals surface area contributed by atoms with Crippen LogP contribution in [-0.4, -0.2) is 13.1 Å². The second kappa shape index (κ2) is 3.72. The zero-order chi connectivity index (χ0) is 9.12. The summed E-state index contributed by atoms with van der Waals surface area (Å²) in [6.45, 7) is 10.6. The highest BCUT2D eigenvalue weighted by molar-refractivity contribution is 6.72. The van der Waals surface area contributed by atoms with E-state index < -0.39 is 8.32 Å². The van der Waals surface area contributed by atoms with Crippen molar-refractivity contribution in [2.24, 2.45) is 0 Å². The normalized spacial score (nSPS) is 13.6. The highest BCUT2D eigenvalue weighted by Crippen LogP contribution is 2.39. The smallest absolute Gasteiger partial charge is 0.188 e. The third kappa shape index (κ3) is 3.39. The maximum Gasteiger partial charge on any atom is 0.188 e. The predicted octanol–water partition coefficient (Wildman–Crippen LogP) is 3.15. The monoisotopic (exact) mass is 174 g/mol. The van der Waals surface area contributed by atoms with Gasteiger partial charge in [-0.1, -0.05) is 33.6 Å². The first-order valence-corrected chi connectivity index (χ1v) is 7.48. The van der Waals surface area contributed by atoms with Crippen molar-refractivity contribution in [1.82, 2.24) is 0 Å². The molecule has 0 radical (unpaired) electrons. The van der Waals surface area contributed by atoms with Crippen molar-refractivity contribution >= 4 is 8.32 Å². The van der Waals surface area contributed by atoms with Crippen LogP contribution in [0.4, 0.5) is 0 Å². The van der Waals surface area contributed by atoms with Gasteiger partial charge in [0.15, 0.2) is 8.32 Å². The first-order chi connectivity index (χ1) is 4.81. The van der Waals surface area contributed by atoms with Gasteiger partial charge < -0.3 is 4.80 Å². The minimum atomic E-state index is -1.92. The van der Waals surface area contributed by atoms with Crippen LogP contribution >= 0.6 is 0 Å². The molecular weight excluding hydrogens is 152 g/mol. The third-order valence-corrected chi connectivity index (χ3v) is 6.37. The molecule has 0 aliphatic carbocycles. The van der Waals surface area contributed by atoms with Crippen molar-refractivity contribution in [3.05, 3.63) is 0 Å². The van der Waals surface area contributed by atoms with Crippen LogP contribution < -0.4 is 0 Å². The number of hydrogen-bond donors (Lipinski definition) is 1. The van der Waals surface area contributed by atoms with Crippen LogP contribution in [0.2, 0.25) is 18.1 Å². The Labute approximate surface area is 72.0 Å². The molecule has 0 atom stereocenters. The second-order valence-corrected chi connectivity index (χ2v) is 9.02. The van der Waals surface area contributed by atoms with Gasteiger partial charge >= 0.3 is 0 Å². The van der Waals surface area contributed by atoms with Gasteiger partial charge in [0.1, 0.15) is 0 Å². The van der Waals surface area contributed by atoms with Gasteiger partial charge in [0.25, 0.3) is 0 Å². The zero-order valence-corrected chi connectivity index (χ0v) is 9.57. The van der Waals surface area contributed by atoms with Crippen LogP contribution in [-0.2, 0) is 0 Å². The molecule has 1 nitrogen and oxygen atoms in total. The predicted molar refractivity (Wildman–Crippen MR) is 53.3 cm³/mol. The zero-order valence-electron chi connectivity index (χ0n) is 8.57. The van der Waals surface area contributed by atoms with E-state index in [2.05, 4.69) is 20.8 Å². The Kier molecular flexibility index (Phi) is 3.78. The second-order valence-electron chi connectivity index (χ2n) is 4.55. The Morgan fingerprint density at radius 2 is 1.73 bits per heavy atom. The highest BCUT2D eigenvalue weighted by Gasteiger charge is 2.36. The molecule has 0 amide bonds. The Hall–Kier alpha value is 0.177. The largest absolute Gasteiger partial charge is 0.432 e. The first kappa shape index (κ1) is 11.2. The van der Waals surface area contributed by atoms with Crippen molar-refractivity contribution in [2.45, 2.75) is 58.2 Å². The molecule has 0 fully saturated rings. The Morgan fingerprint density at radius 3 is 2.00 bits per heavy atom. The van der Waals surface area contributed by atoms with E-state index in [4.69, 9.17) is 0 Å². The molecule has 0 bridgehead atoms. The van der Waals surface area contributed by atoms with E-state index in [1.807, 2.05) is 13.1 Å². The van der Waals surface area contributed by atoms with Gasteiger partial charge in [0, 0.05) is 0 Å². The molecule has 0 heterocycles. The summed E-state index contributed by atoms with van der Waals surface area (Å²) in [5.74, 6) is 0. The molecule has 0 saturated heterocycles. The lowest BCUT2D eigenvalue weighted by Crippen LogP contribution is -2.38. The van der Waals surface area contributed by atoms with Crippen molar-refractivity contribution < 1.29 is 4.80 Å². The van der Waals surface area contributed by atoms with Gasteiger partial charge in [-0.3, -0.25) is 0 Å². The van der Waals surface area contributed by atoms with Crippen molar-refractivity contribution in [1.29, 1.82) is 0 Å². The third-order valence-electron chi connectivity index (χ3n) is 2.81. The summed E-state index contributed by atoms with van der Waals surface area (Å²) >= 11 is 0. The van der Waals surface area contributed by atoms with E-state index in [1.54, 1.807) is 0 Å². The molecular formula is C9H22OSi. The Bertz CT molecular complexity index is 113. The lowest BCUT2D eigenvalue weighted by Gasteiger charge is -2.34. The van der Waals surface area contributed by atoms with Gasteiger partial charge in [0.05, 0.1) is 0 Å². The summed E-state index contributed by atoms with van der Waals surface area (Å²) in [6, 6.07) is 0. The van der Waals surface area contributed by atoms with E-state index in [1.165, 1.54) is 19.3 Å². The molecule has 0 saturated carbocycles. The molecule has 0 spiro atoms. The van der Waals surface area contributed by atoms with Crippen LogP contribution in [0.1, 0.15) is 40.0 Å². The molecule has 0 aromatic rings. The summed E-state index contributed by atoms with van der Waals surface area (Å²) in [5.41, 5.74) is 0. The number of hydrogen-bond acceptors (Lipinski definition) is 1. The van der Waals surface area contributed by atoms with E-state index in [0.29, 0.717) is 0 Å². The van der Waals surface area contributed by atoms with Crippen LogP contribution in [0, 0.1) is 0 Å².